The Labute approximate surface area is 109 Å². The van der Waals surface area contributed by atoms with Crippen molar-refractivity contribution < 1.29 is 4.79 Å². The third-order valence-electron chi connectivity index (χ3n) is 3.14. The number of hydrogen-bond acceptors (Lipinski definition) is 2. The smallest absolute Gasteiger partial charge is 0.205 e. The van der Waals surface area contributed by atoms with Crippen LogP contribution in [0.5, 0.6) is 0 Å². The van der Waals surface area contributed by atoms with Gasteiger partial charge >= 0.3 is 0 Å². The van der Waals surface area contributed by atoms with Crippen molar-refractivity contribution in [2.45, 2.75) is 6.92 Å². The van der Waals surface area contributed by atoms with E-state index in [2.05, 4.69) is 13.0 Å². The molecule has 0 saturated carbocycles. The number of benzene rings is 1. The summed E-state index contributed by atoms with van der Waals surface area (Å²) in [6.07, 6.45) is 1.92. The third kappa shape index (κ3) is 1.68. The van der Waals surface area contributed by atoms with Crippen LogP contribution >= 0.6 is 11.3 Å². The highest BCUT2D eigenvalue weighted by Gasteiger charge is 2.16. The van der Waals surface area contributed by atoms with Crippen LogP contribution in [0.3, 0.4) is 0 Å². The van der Waals surface area contributed by atoms with Crippen LogP contribution in [-0.2, 0) is 7.05 Å². The monoisotopic (exact) mass is 255 g/mol. The van der Waals surface area contributed by atoms with E-state index in [9.17, 15) is 4.79 Å². The van der Waals surface area contributed by atoms with E-state index in [0.717, 1.165) is 21.3 Å². The molecule has 18 heavy (non-hydrogen) atoms. The average molecular weight is 255 g/mol. The number of carbonyl (C=O) groups excluding carboxylic acids is 1. The van der Waals surface area contributed by atoms with Gasteiger partial charge in [0.2, 0.25) is 5.78 Å². The van der Waals surface area contributed by atoms with Gasteiger partial charge in [0, 0.05) is 29.7 Å². The Bertz CT molecular complexity index is 722. The molecule has 2 nitrogen and oxygen atoms in total. The second-order valence-corrected chi connectivity index (χ2v) is 5.43. The Hall–Kier alpha value is -1.87. The number of nitrogens with zero attached hydrogens (tertiary/aromatic N) is 1. The standard InChI is InChI=1S/C15H13NOS/c1-10-5-6-11-12(9-16(2)13(11)8-10)15(17)14-4-3-7-18-14/h3-9H,1-2H3. The number of carbonyl (C=O) groups is 1. The number of aromatic nitrogens is 1. The molecule has 2 heterocycles. The van der Waals surface area contributed by atoms with E-state index in [1.54, 1.807) is 0 Å². The van der Waals surface area contributed by atoms with E-state index >= 15 is 0 Å². The molecule has 0 N–H and O–H groups in total. The molecule has 0 atom stereocenters. The molecule has 0 fully saturated rings. The lowest BCUT2D eigenvalue weighted by Gasteiger charge is -1.98. The van der Waals surface area contributed by atoms with Gasteiger partial charge < -0.3 is 4.57 Å². The maximum Gasteiger partial charge on any atom is 0.205 e. The third-order valence-corrected chi connectivity index (χ3v) is 4.00. The maximum atomic E-state index is 12.4. The SMILES string of the molecule is Cc1ccc2c(C(=O)c3cccs3)cn(C)c2c1. The summed E-state index contributed by atoms with van der Waals surface area (Å²) in [5, 5.41) is 2.96. The molecule has 0 bridgehead atoms. The normalized spacial score (nSPS) is 11.0. The van der Waals surface area contributed by atoms with Crippen molar-refractivity contribution >= 4 is 28.0 Å². The summed E-state index contributed by atoms with van der Waals surface area (Å²) in [6, 6.07) is 9.98. The molecule has 0 unspecified atom stereocenters. The predicted molar refractivity (Wildman–Crippen MR) is 75.4 cm³/mol. The van der Waals surface area contributed by atoms with Crippen molar-refractivity contribution in [1.29, 1.82) is 0 Å². The van der Waals surface area contributed by atoms with Crippen LogP contribution in [-0.4, -0.2) is 10.4 Å². The summed E-state index contributed by atoms with van der Waals surface area (Å²) in [5.41, 5.74) is 3.10. The Morgan fingerprint density at radius 3 is 2.83 bits per heavy atom. The zero-order chi connectivity index (χ0) is 12.7. The van der Waals surface area contributed by atoms with E-state index in [1.807, 2.05) is 47.5 Å². The van der Waals surface area contributed by atoms with Crippen LogP contribution in [0.4, 0.5) is 0 Å². The molecule has 0 saturated heterocycles. The molecular formula is C15H13NOS. The van der Waals surface area contributed by atoms with Crippen LogP contribution in [0.15, 0.2) is 41.9 Å². The van der Waals surface area contributed by atoms with Crippen LogP contribution in [0.2, 0.25) is 0 Å². The number of aryl methyl sites for hydroxylation is 2. The molecule has 0 aliphatic carbocycles. The molecule has 2 aromatic heterocycles. The summed E-state index contributed by atoms with van der Waals surface area (Å²) >= 11 is 1.49. The van der Waals surface area contributed by atoms with Gasteiger partial charge in [0.15, 0.2) is 0 Å². The average Bonchev–Trinajstić information content (AvgIpc) is 2.97. The lowest BCUT2D eigenvalue weighted by atomic mass is 10.1. The van der Waals surface area contributed by atoms with Gasteiger partial charge in [-0.3, -0.25) is 4.79 Å². The lowest BCUT2D eigenvalue weighted by Crippen LogP contribution is -1.97. The molecule has 0 aliphatic heterocycles. The van der Waals surface area contributed by atoms with Gasteiger partial charge in [0.05, 0.1) is 4.88 Å². The summed E-state index contributed by atoms with van der Waals surface area (Å²) in [7, 11) is 1.98. The first-order valence-corrected chi connectivity index (χ1v) is 6.68. The van der Waals surface area contributed by atoms with Crippen LogP contribution < -0.4 is 0 Å². The summed E-state index contributed by atoms with van der Waals surface area (Å²) in [4.78, 5) is 13.2. The highest BCUT2D eigenvalue weighted by atomic mass is 32.1. The minimum Gasteiger partial charge on any atom is -0.350 e. The first kappa shape index (κ1) is 11.2. The molecule has 1 aromatic carbocycles. The van der Waals surface area contributed by atoms with Crippen molar-refractivity contribution in [3.05, 3.63) is 57.9 Å². The number of rotatable bonds is 2. The van der Waals surface area contributed by atoms with E-state index in [4.69, 9.17) is 0 Å². The van der Waals surface area contributed by atoms with Gasteiger partial charge in [0.1, 0.15) is 0 Å². The van der Waals surface area contributed by atoms with Crippen LogP contribution in [0, 0.1) is 6.92 Å². The highest BCUT2D eigenvalue weighted by Crippen LogP contribution is 2.25. The molecule has 0 spiro atoms. The van der Waals surface area contributed by atoms with Crippen molar-refractivity contribution in [3.8, 4) is 0 Å². The summed E-state index contributed by atoms with van der Waals surface area (Å²) in [5.74, 6) is 0.111. The van der Waals surface area contributed by atoms with Gasteiger partial charge in [-0.2, -0.15) is 0 Å². The van der Waals surface area contributed by atoms with Crippen molar-refractivity contribution in [2.75, 3.05) is 0 Å². The van der Waals surface area contributed by atoms with Crippen LogP contribution in [0.25, 0.3) is 10.9 Å². The second kappa shape index (κ2) is 4.10. The van der Waals surface area contributed by atoms with Crippen molar-refractivity contribution in [2.24, 2.45) is 7.05 Å². The fourth-order valence-corrected chi connectivity index (χ4v) is 2.89. The summed E-state index contributed by atoms with van der Waals surface area (Å²) in [6.45, 7) is 2.06. The molecule has 3 heteroatoms. The number of fused-ring (bicyclic) bond motifs is 1. The number of thiophene rings is 1. The van der Waals surface area contributed by atoms with Gasteiger partial charge in [-0.05, 0) is 30.0 Å². The van der Waals surface area contributed by atoms with Crippen LogP contribution in [0.1, 0.15) is 20.8 Å². The fraction of sp³-hybridized carbons (Fsp3) is 0.133. The maximum absolute atomic E-state index is 12.4. The molecule has 90 valence electrons. The number of ketones is 1. The molecule has 0 radical (unpaired) electrons. The van der Waals surface area contributed by atoms with Crippen molar-refractivity contribution in [1.82, 2.24) is 4.57 Å². The highest BCUT2D eigenvalue weighted by molar-refractivity contribution is 7.12. The molecule has 3 aromatic rings. The fourth-order valence-electron chi connectivity index (χ4n) is 2.22. The zero-order valence-electron chi connectivity index (χ0n) is 10.3. The van der Waals surface area contributed by atoms with Gasteiger partial charge in [-0.1, -0.05) is 18.2 Å². The lowest BCUT2D eigenvalue weighted by molar-refractivity contribution is 0.104. The van der Waals surface area contributed by atoms with E-state index in [1.165, 1.54) is 16.9 Å². The Kier molecular flexibility index (Phi) is 2.56. The van der Waals surface area contributed by atoms with Gasteiger partial charge in [-0.25, -0.2) is 0 Å². The first-order valence-electron chi connectivity index (χ1n) is 5.81. The van der Waals surface area contributed by atoms with Gasteiger partial charge in [-0.15, -0.1) is 11.3 Å². The zero-order valence-corrected chi connectivity index (χ0v) is 11.1. The molecular weight excluding hydrogens is 242 g/mol. The molecule has 0 amide bonds. The number of hydrogen-bond donors (Lipinski definition) is 0. The second-order valence-electron chi connectivity index (χ2n) is 4.48. The van der Waals surface area contributed by atoms with E-state index < -0.39 is 0 Å². The summed E-state index contributed by atoms with van der Waals surface area (Å²) < 4.78 is 2.02. The van der Waals surface area contributed by atoms with E-state index in [0.29, 0.717) is 0 Å². The Morgan fingerprint density at radius 1 is 1.28 bits per heavy atom. The minimum atomic E-state index is 0.111. The van der Waals surface area contributed by atoms with Gasteiger partial charge in [0.25, 0.3) is 0 Å². The molecule has 0 aliphatic rings. The topological polar surface area (TPSA) is 22.0 Å². The van der Waals surface area contributed by atoms with E-state index in [-0.39, 0.29) is 5.78 Å². The predicted octanol–water partition coefficient (Wildman–Crippen LogP) is 3.78. The Balaban J connectivity index is 2.22. The minimum absolute atomic E-state index is 0.111. The van der Waals surface area contributed by atoms with Crippen molar-refractivity contribution in [3.63, 3.8) is 0 Å². The first-order chi connectivity index (χ1) is 8.66. The largest absolute Gasteiger partial charge is 0.350 e. The Morgan fingerprint density at radius 2 is 2.11 bits per heavy atom. The molecule has 3 rings (SSSR count). The quantitative estimate of drug-likeness (QED) is 0.639.